The highest BCUT2D eigenvalue weighted by molar-refractivity contribution is 7.80. The zero-order valence-corrected chi connectivity index (χ0v) is 22.9. The molecule has 2 aromatic rings. The van der Waals surface area contributed by atoms with Gasteiger partial charge in [0.05, 0.1) is 11.4 Å². The molecule has 182 valence electrons. The Bertz CT molecular complexity index is 911. The summed E-state index contributed by atoms with van der Waals surface area (Å²) in [7, 11) is 1.82. The Hall–Kier alpha value is -2.43. The average molecular weight is 468 g/mol. The first kappa shape index (κ1) is 30.6. The highest BCUT2D eigenvalue weighted by Gasteiger charge is 2.15. The molecule has 3 nitrogen and oxygen atoms in total. The van der Waals surface area contributed by atoms with Crippen LogP contribution in [0.1, 0.15) is 76.6 Å². The Morgan fingerprint density at radius 2 is 1.52 bits per heavy atom. The molecule has 2 aromatic carbocycles. The molecule has 0 atom stereocenters. The molecule has 2 rings (SSSR count). The lowest BCUT2D eigenvalue weighted by atomic mass is 9.97. The van der Waals surface area contributed by atoms with Crippen molar-refractivity contribution in [3.8, 4) is 0 Å². The number of hydrogen-bond donors (Lipinski definition) is 2. The third-order valence-electron chi connectivity index (χ3n) is 5.14. The van der Waals surface area contributed by atoms with Crippen LogP contribution >= 0.6 is 12.2 Å². The van der Waals surface area contributed by atoms with Gasteiger partial charge in [0.15, 0.2) is 0 Å². The molecule has 0 bridgehead atoms. The highest BCUT2D eigenvalue weighted by atomic mass is 32.1. The van der Waals surface area contributed by atoms with Crippen molar-refractivity contribution in [3.63, 3.8) is 0 Å². The minimum absolute atomic E-state index is 0.550. The van der Waals surface area contributed by atoms with Crippen LogP contribution in [-0.4, -0.2) is 16.9 Å². The van der Waals surface area contributed by atoms with Gasteiger partial charge in [0.1, 0.15) is 0 Å². The van der Waals surface area contributed by atoms with Crippen LogP contribution in [0.5, 0.6) is 0 Å². The van der Waals surface area contributed by atoms with Gasteiger partial charge in [-0.3, -0.25) is 0 Å². The van der Waals surface area contributed by atoms with Crippen molar-refractivity contribution >= 4 is 28.5 Å². The van der Waals surface area contributed by atoms with E-state index in [1.54, 1.807) is 5.01 Å². The van der Waals surface area contributed by atoms with Crippen LogP contribution in [0.25, 0.3) is 11.4 Å². The average Bonchev–Trinajstić information content (AvgIpc) is 2.80. The summed E-state index contributed by atoms with van der Waals surface area (Å²) in [6.07, 6.45) is 3.02. The van der Waals surface area contributed by atoms with Gasteiger partial charge >= 0.3 is 0 Å². The van der Waals surface area contributed by atoms with Gasteiger partial charge in [0, 0.05) is 18.2 Å². The normalized spacial score (nSPS) is 10.8. The zero-order valence-electron chi connectivity index (χ0n) is 22.0. The second-order valence-corrected chi connectivity index (χ2v) is 8.80. The SMILES string of the molecule is C=C(C)CCC(=S)C(C)C.CC.CCc1ccccc1/C(N)=C(\c1ccccc1C)N(C)N. The van der Waals surface area contributed by atoms with Gasteiger partial charge in [-0.25, -0.2) is 5.84 Å². The summed E-state index contributed by atoms with van der Waals surface area (Å²) < 4.78 is 0. The van der Waals surface area contributed by atoms with Crippen molar-refractivity contribution in [2.24, 2.45) is 17.5 Å². The van der Waals surface area contributed by atoms with E-state index in [0.717, 1.165) is 41.6 Å². The Labute approximate surface area is 208 Å². The molecule has 0 saturated carbocycles. The molecule has 0 aliphatic carbocycles. The second-order valence-electron chi connectivity index (χ2n) is 8.28. The summed E-state index contributed by atoms with van der Waals surface area (Å²) in [6.45, 7) is 18.3. The molecule has 0 heterocycles. The number of hydrogen-bond acceptors (Lipinski definition) is 4. The van der Waals surface area contributed by atoms with Gasteiger partial charge in [0.2, 0.25) is 0 Å². The summed E-state index contributed by atoms with van der Waals surface area (Å²) >= 11 is 5.16. The molecule has 0 aliphatic rings. The van der Waals surface area contributed by atoms with E-state index < -0.39 is 0 Å². The minimum atomic E-state index is 0.550. The van der Waals surface area contributed by atoms with Crippen LogP contribution in [0.15, 0.2) is 60.7 Å². The summed E-state index contributed by atoms with van der Waals surface area (Å²) in [5, 5.41) is 1.60. The number of thiocarbonyl (C=S) groups is 1. The first-order valence-corrected chi connectivity index (χ1v) is 12.3. The van der Waals surface area contributed by atoms with E-state index in [-0.39, 0.29) is 0 Å². The summed E-state index contributed by atoms with van der Waals surface area (Å²) in [5.74, 6) is 6.61. The standard InChI is InChI=1S/C18H23N3.C9H16S.C2H6/c1-4-14-10-6-8-12-16(14)17(19)18(21(3)20)15-11-7-5-9-13(15)2;1-7(2)5-6-9(10)8(3)4;1-2/h5-12H,4,19-20H2,1-3H3;8H,1,5-6H2,2-4H3;1-2H3/b18-17-;;. The van der Waals surface area contributed by atoms with Gasteiger partial charge in [-0.2, -0.15) is 0 Å². The number of nitrogens with zero attached hydrogens (tertiary/aromatic N) is 1. The van der Waals surface area contributed by atoms with Crippen LogP contribution in [0.4, 0.5) is 0 Å². The van der Waals surface area contributed by atoms with Gasteiger partial charge < -0.3 is 10.7 Å². The molecular formula is C29H45N3S. The number of benzene rings is 2. The van der Waals surface area contributed by atoms with E-state index in [9.17, 15) is 0 Å². The quantitative estimate of drug-likeness (QED) is 0.138. The fourth-order valence-corrected chi connectivity index (χ4v) is 3.31. The topological polar surface area (TPSA) is 55.3 Å². The fourth-order valence-electron chi connectivity index (χ4n) is 3.21. The Morgan fingerprint density at radius 1 is 1.00 bits per heavy atom. The maximum absolute atomic E-state index is 6.48. The van der Waals surface area contributed by atoms with Crippen LogP contribution < -0.4 is 11.6 Å². The molecule has 0 radical (unpaired) electrons. The van der Waals surface area contributed by atoms with Crippen molar-refractivity contribution in [2.75, 3.05) is 7.05 Å². The van der Waals surface area contributed by atoms with Gasteiger partial charge in [-0.1, -0.05) is 101 Å². The van der Waals surface area contributed by atoms with Crippen molar-refractivity contribution in [1.82, 2.24) is 5.01 Å². The summed E-state index contributed by atoms with van der Waals surface area (Å²) in [5.41, 5.74) is 13.8. The molecule has 0 aromatic heterocycles. The Morgan fingerprint density at radius 3 is 1.97 bits per heavy atom. The molecule has 0 aliphatic heterocycles. The molecule has 4 heteroatoms. The third-order valence-corrected chi connectivity index (χ3v) is 5.81. The lowest BCUT2D eigenvalue weighted by Gasteiger charge is -2.22. The van der Waals surface area contributed by atoms with Crippen LogP contribution in [0.3, 0.4) is 0 Å². The lowest BCUT2D eigenvalue weighted by Crippen LogP contribution is -2.27. The van der Waals surface area contributed by atoms with Crippen molar-refractivity contribution in [1.29, 1.82) is 0 Å². The van der Waals surface area contributed by atoms with Crippen molar-refractivity contribution in [2.45, 2.75) is 67.7 Å². The van der Waals surface area contributed by atoms with E-state index >= 15 is 0 Å². The zero-order chi connectivity index (χ0) is 25.6. The largest absolute Gasteiger partial charge is 0.396 e. The maximum Gasteiger partial charge on any atom is 0.0825 e. The molecule has 0 fully saturated rings. The van der Waals surface area contributed by atoms with Crippen LogP contribution in [0, 0.1) is 12.8 Å². The third kappa shape index (κ3) is 10.4. The summed E-state index contributed by atoms with van der Waals surface area (Å²) in [6, 6.07) is 16.3. The molecule has 0 amide bonds. The van der Waals surface area contributed by atoms with Crippen LogP contribution in [0.2, 0.25) is 0 Å². The van der Waals surface area contributed by atoms with E-state index in [4.69, 9.17) is 23.8 Å². The molecule has 0 spiro atoms. The van der Waals surface area contributed by atoms with Gasteiger partial charge in [0.25, 0.3) is 0 Å². The number of allylic oxidation sites excluding steroid dienone is 1. The van der Waals surface area contributed by atoms with Crippen molar-refractivity contribution < 1.29 is 0 Å². The number of rotatable bonds is 8. The molecule has 0 saturated heterocycles. The highest BCUT2D eigenvalue weighted by Crippen LogP contribution is 2.28. The fraction of sp³-hybridized carbons (Fsp3) is 0.414. The minimum Gasteiger partial charge on any atom is -0.396 e. The predicted molar refractivity (Wildman–Crippen MR) is 153 cm³/mol. The van der Waals surface area contributed by atoms with E-state index in [1.807, 2.05) is 52.1 Å². The van der Waals surface area contributed by atoms with E-state index in [1.165, 1.54) is 16.0 Å². The molecule has 33 heavy (non-hydrogen) atoms. The number of nitrogens with two attached hydrogens (primary N) is 2. The first-order valence-electron chi connectivity index (χ1n) is 11.9. The molecular weight excluding hydrogens is 422 g/mol. The molecule has 4 N–H and O–H groups in total. The number of hydrazine groups is 1. The second kappa shape index (κ2) is 16.2. The monoisotopic (exact) mass is 467 g/mol. The maximum atomic E-state index is 6.48. The first-order chi connectivity index (χ1) is 15.6. The van der Waals surface area contributed by atoms with E-state index in [0.29, 0.717) is 11.6 Å². The smallest absolute Gasteiger partial charge is 0.0825 e. The Kier molecular flexibility index (Phi) is 15.0. The van der Waals surface area contributed by atoms with Gasteiger partial charge in [-0.05, 0) is 55.0 Å². The van der Waals surface area contributed by atoms with Crippen LogP contribution in [-0.2, 0) is 6.42 Å². The number of aryl methyl sites for hydroxylation is 2. The van der Waals surface area contributed by atoms with E-state index in [2.05, 4.69) is 58.5 Å². The van der Waals surface area contributed by atoms with Gasteiger partial charge in [-0.15, -0.1) is 6.58 Å². The Balaban J connectivity index is 0.000000722. The lowest BCUT2D eigenvalue weighted by molar-refractivity contribution is 0.511. The van der Waals surface area contributed by atoms with Crippen molar-refractivity contribution in [3.05, 3.63) is 82.9 Å². The predicted octanol–water partition coefficient (Wildman–Crippen LogP) is 7.54. The summed E-state index contributed by atoms with van der Waals surface area (Å²) in [4.78, 5) is 1.17. The molecule has 0 unspecified atom stereocenters.